The number of amides is 1. The molecule has 1 atom stereocenters. The third-order valence-electron chi connectivity index (χ3n) is 5.35. The number of nitrogens with zero attached hydrogens (tertiary/aromatic N) is 2. The smallest absolute Gasteiger partial charge is 0.261 e. The molecule has 0 saturated heterocycles. The monoisotopic (exact) mass is 434 g/mol. The quantitative estimate of drug-likeness (QED) is 0.582. The highest BCUT2D eigenvalue weighted by molar-refractivity contribution is 7.10. The van der Waals surface area contributed by atoms with Gasteiger partial charge in [-0.05, 0) is 65.4 Å². The van der Waals surface area contributed by atoms with Crippen LogP contribution in [-0.2, 0) is 11.2 Å². The summed E-state index contributed by atoms with van der Waals surface area (Å²) in [4.78, 5) is 16.1. The zero-order valence-corrected chi connectivity index (χ0v) is 18.1. The van der Waals surface area contributed by atoms with E-state index in [-0.39, 0.29) is 18.6 Å². The third-order valence-corrected chi connectivity index (χ3v) is 6.28. The van der Waals surface area contributed by atoms with Gasteiger partial charge in [-0.3, -0.25) is 4.79 Å². The van der Waals surface area contributed by atoms with E-state index in [0.29, 0.717) is 29.4 Å². The number of rotatable bonds is 6. The van der Waals surface area contributed by atoms with Crippen LogP contribution in [-0.4, -0.2) is 38.2 Å². The molecular formula is C24H22N2O4S. The van der Waals surface area contributed by atoms with Crippen LogP contribution in [0.25, 0.3) is 0 Å². The molecule has 7 heteroatoms. The van der Waals surface area contributed by atoms with Crippen molar-refractivity contribution in [1.29, 1.82) is 5.26 Å². The molecule has 1 aliphatic heterocycles. The van der Waals surface area contributed by atoms with Crippen molar-refractivity contribution in [2.24, 2.45) is 0 Å². The first kappa shape index (κ1) is 20.8. The minimum Gasteiger partial charge on any atom is -0.493 e. The van der Waals surface area contributed by atoms with Gasteiger partial charge in [0.1, 0.15) is 5.75 Å². The molecule has 2 aromatic carbocycles. The molecule has 3 aromatic rings. The van der Waals surface area contributed by atoms with E-state index in [1.54, 1.807) is 49.8 Å². The lowest BCUT2D eigenvalue weighted by molar-refractivity contribution is -0.135. The maximum atomic E-state index is 13.2. The predicted octanol–water partition coefficient (Wildman–Crippen LogP) is 4.19. The van der Waals surface area contributed by atoms with Gasteiger partial charge in [0.15, 0.2) is 18.1 Å². The van der Waals surface area contributed by atoms with Crippen molar-refractivity contribution in [1.82, 2.24) is 4.90 Å². The summed E-state index contributed by atoms with van der Waals surface area (Å²) in [5, 5.41) is 10.9. The Balaban J connectivity index is 1.61. The van der Waals surface area contributed by atoms with E-state index in [2.05, 4.69) is 6.07 Å². The number of ether oxygens (including phenoxy) is 3. The van der Waals surface area contributed by atoms with Gasteiger partial charge in [-0.25, -0.2) is 0 Å². The summed E-state index contributed by atoms with van der Waals surface area (Å²) < 4.78 is 16.7. The number of thiophene rings is 1. The fourth-order valence-electron chi connectivity index (χ4n) is 3.82. The molecule has 4 rings (SSSR count). The van der Waals surface area contributed by atoms with Crippen molar-refractivity contribution < 1.29 is 19.0 Å². The maximum absolute atomic E-state index is 13.2. The second-order valence-electron chi connectivity index (χ2n) is 7.09. The Hall–Kier alpha value is -3.50. The molecule has 0 fully saturated rings. The molecule has 0 bridgehead atoms. The number of carbonyl (C=O) groups excluding carboxylic acids is 1. The van der Waals surface area contributed by atoms with Crippen LogP contribution in [0.2, 0.25) is 0 Å². The lowest BCUT2D eigenvalue weighted by Crippen LogP contribution is -2.42. The second kappa shape index (κ2) is 9.11. The summed E-state index contributed by atoms with van der Waals surface area (Å²) in [5.74, 6) is 1.80. The molecule has 0 spiro atoms. The molecule has 0 saturated carbocycles. The molecule has 1 aromatic heterocycles. The Labute approximate surface area is 185 Å². The number of benzene rings is 2. The molecule has 31 heavy (non-hydrogen) atoms. The Morgan fingerprint density at radius 2 is 1.90 bits per heavy atom. The summed E-state index contributed by atoms with van der Waals surface area (Å²) in [7, 11) is 3.24. The van der Waals surface area contributed by atoms with Gasteiger partial charge in [-0.1, -0.05) is 6.07 Å². The first-order valence-electron chi connectivity index (χ1n) is 9.85. The number of methoxy groups -OCH3 is 2. The van der Waals surface area contributed by atoms with Crippen molar-refractivity contribution in [2.45, 2.75) is 12.5 Å². The first-order chi connectivity index (χ1) is 15.1. The molecule has 6 nitrogen and oxygen atoms in total. The summed E-state index contributed by atoms with van der Waals surface area (Å²) in [6, 6.07) is 16.6. The lowest BCUT2D eigenvalue weighted by Gasteiger charge is -2.37. The summed E-state index contributed by atoms with van der Waals surface area (Å²) in [5.41, 5.74) is 2.74. The van der Waals surface area contributed by atoms with Crippen LogP contribution < -0.4 is 14.2 Å². The topological polar surface area (TPSA) is 71.8 Å². The van der Waals surface area contributed by atoms with Crippen LogP contribution in [0.4, 0.5) is 0 Å². The Kier molecular flexibility index (Phi) is 6.10. The molecule has 0 aliphatic carbocycles. The number of fused-ring (bicyclic) bond motifs is 1. The minimum absolute atomic E-state index is 0.0730. The summed E-state index contributed by atoms with van der Waals surface area (Å²) in [6.45, 7) is 0.511. The van der Waals surface area contributed by atoms with Crippen molar-refractivity contribution in [3.05, 3.63) is 75.5 Å². The lowest BCUT2D eigenvalue weighted by atomic mass is 9.90. The maximum Gasteiger partial charge on any atom is 0.261 e. The SMILES string of the molecule is COc1cc2c(cc1OC)[C@@H](c1cccs1)N(C(=O)COc1ccc(C#N)cc1)CC2. The molecular weight excluding hydrogens is 412 g/mol. The number of hydrogen-bond acceptors (Lipinski definition) is 6. The van der Waals surface area contributed by atoms with Gasteiger partial charge in [0.25, 0.3) is 5.91 Å². The van der Waals surface area contributed by atoms with Crippen LogP contribution in [0.3, 0.4) is 0 Å². The third kappa shape index (κ3) is 4.21. The second-order valence-corrected chi connectivity index (χ2v) is 8.07. The first-order valence-corrected chi connectivity index (χ1v) is 10.7. The van der Waals surface area contributed by atoms with Gasteiger partial charge >= 0.3 is 0 Å². The minimum atomic E-state index is -0.208. The van der Waals surface area contributed by atoms with Crippen LogP contribution in [0.5, 0.6) is 17.2 Å². The van der Waals surface area contributed by atoms with E-state index < -0.39 is 0 Å². The van der Waals surface area contributed by atoms with E-state index in [4.69, 9.17) is 19.5 Å². The van der Waals surface area contributed by atoms with Crippen molar-refractivity contribution in [3.63, 3.8) is 0 Å². The zero-order chi connectivity index (χ0) is 21.8. The van der Waals surface area contributed by atoms with E-state index in [9.17, 15) is 4.79 Å². The Bertz CT molecular complexity index is 1100. The van der Waals surface area contributed by atoms with Gasteiger partial charge < -0.3 is 19.1 Å². The standard InChI is InChI=1S/C24H22N2O4S/c1-28-20-12-17-9-10-26(23(27)15-30-18-7-5-16(14-25)6-8-18)24(22-4-3-11-31-22)19(17)13-21(20)29-2/h3-8,11-13,24H,9-10,15H2,1-2H3/t24-/m0/s1. The summed E-state index contributed by atoms with van der Waals surface area (Å²) in [6.07, 6.45) is 0.722. The van der Waals surface area contributed by atoms with Crippen molar-refractivity contribution in [3.8, 4) is 23.3 Å². The van der Waals surface area contributed by atoms with E-state index in [1.807, 2.05) is 34.5 Å². The molecule has 0 N–H and O–H groups in total. The molecule has 0 radical (unpaired) electrons. The van der Waals surface area contributed by atoms with Gasteiger partial charge in [-0.2, -0.15) is 5.26 Å². The van der Waals surface area contributed by atoms with Crippen LogP contribution in [0, 0.1) is 11.3 Å². The van der Waals surface area contributed by atoms with Crippen LogP contribution in [0.15, 0.2) is 53.9 Å². The number of nitriles is 1. The van der Waals surface area contributed by atoms with Gasteiger partial charge in [-0.15, -0.1) is 11.3 Å². The predicted molar refractivity (Wildman–Crippen MR) is 118 cm³/mol. The molecule has 1 amide bonds. The molecule has 158 valence electrons. The number of carbonyl (C=O) groups is 1. The number of hydrogen-bond donors (Lipinski definition) is 0. The Morgan fingerprint density at radius 1 is 1.16 bits per heavy atom. The van der Waals surface area contributed by atoms with Gasteiger partial charge in [0.2, 0.25) is 0 Å². The summed E-state index contributed by atoms with van der Waals surface area (Å²) >= 11 is 1.62. The van der Waals surface area contributed by atoms with E-state index in [0.717, 1.165) is 22.4 Å². The van der Waals surface area contributed by atoms with E-state index >= 15 is 0 Å². The largest absolute Gasteiger partial charge is 0.493 e. The van der Waals surface area contributed by atoms with E-state index in [1.165, 1.54) is 0 Å². The normalized spacial score (nSPS) is 15.0. The van der Waals surface area contributed by atoms with Gasteiger partial charge in [0.05, 0.1) is 31.9 Å². The average Bonchev–Trinajstić information content (AvgIpc) is 3.35. The van der Waals surface area contributed by atoms with Crippen molar-refractivity contribution in [2.75, 3.05) is 27.4 Å². The Morgan fingerprint density at radius 3 is 2.55 bits per heavy atom. The van der Waals surface area contributed by atoms with Gasteiger partial charge in [0, 0.05) is 11.4 Å². The van der Waals surface area contributed by atoms with Crippen molar-refractivity contribution >= 4 is 17.2 Å². The highest BCUT2D eigenvalue weighted by atomic mass is 32.1. The zero-order valence-electron chi connectivity index (χ0n) is 17.3. The van der Waals surface area contributed by atoms with Crippen LogP contribution >= 0.6 is 11.3 Å². The fourth-order valence-corrected chi connectivity index (χ4v) is 4.68. The molecule has 1 aliphatic rings. The highest BCUT2D eigenvalue weighted by Gasteiger charge is 2.34. The highest BCUT2D eigenvalue weighted by Crippen LogP contribution is 2.42. The molecule has 2 heterocycles. The fraction of sp³-hybridized carbons (Fsp3) is 0.250. The van der Waals surface area contributed by atoms with Crippen LogP contribution in [0.1, 0.15) is 27.6 Å². The molecule has 0 unspecified atom stereocenters. The average molecular weight is 435 g/mol.